The Bertz CT molecular complexity index is 256. The van der Waals surface area contributed by atoms with E-state index in [-0.39, 0.29) is 12.1 Å². The molecule has 0 saturated heterocycles. The van der Waals surface area contributed by atoms with Crippen molar-refractivity contribution in [3.8, 4) is 0 Å². The average Bonchev–Trinajstić information content (AvgIpc) is 2.25. The normalized spacial score (nSPS) is 14.2. The van der Waals surface area contributed by atoms with Crippen LogP contribution in [-0.2, 0) is 4.79 Å². The van der Waals surface area contributed by atoms with Gasteiger partial charge in [0, 0.05) is 19.1 Å². The summed E-state index contributed by atoms with van der Waals surface area (Å²) in [4.78, 5) is 23.9. The molecule has 0 aromatic heterocycles. The second-order valence-corrected chi connectivity index (χ2v) is 4.48. The van der Waals surface area contributed by atoms with E-state index in [1.807, 2.05) is 25.9 Å². The quantitative estimate of drug-likeness (QED) is 0.604. The van der Waals surface area contributed by atoms with Gasteiger partial charge in [0.05, 0.1) is 5.92 Å². The van der Waals surface area contributed by atoms with Crippen LogP contribution in [0.5, 0.6) is 0 Å². The molecule has 0 aliphatic heterocycles. The maximum Gasteiger partial charge on any atom is 0.314 e. The summed E-state index contributed by atoms with van der Waals surface area (Å²) in [6.07, 6.45) is 0.436. The van der Waals surface area contributed by atoms with Crippen LogP contribution in [0, 0.1) is 5.92 Å². The lowest BCUT2D eigenvalue weighted by molar-refractivity contribution is -0.141. The molecule has 0 radical (unpaired) electrons. The summed E-state index contributed by atoms with van der Waals surface area (Å²) in [5, 5.41) is 14.0. The Morgan fingerprint density at radius 2 is 1.82 bits per heavy atom. The first-order valence-electron chi connectivity index (χ1n) is 5.75. The first kappa shape index (κ1) is 15.7. The van der Waals surface area contributed by atoms with Gasteiger partial charge in [-0.1, -0.05) is 6.92 Å². The van der Waals surface area contributed by atoms with E-state index in [1.165, 1.54) is 0 Å². The van der Waals surface area contributed by atoms with Crippen molar-refractivity contribution in [1.29, 1.82) is 0 Å². The van der Waals surface area contributed by atoms with Crippen molar-refractivity contribution in [2.24, 2.45) is 5.92 Å². The molecule has 3 N–H and O–H groups in total. The minimum absolute atomic E-state index is 0.253. The SMILES string of the molecule is CC(CCNC(=O)NCC(C)N(C)C)C(=O)O. The van der Waals surface area contributed by atoms with Crippen LogP contribution in [0.3, 0.4) is 0 Å². The maximum atomic E-state index is 11.3. The molecule has 6 nitrogen and oxygen atoms in total. The summed E-state index contributed by atoms with van der Waals surface area (Å²) in [6, 6.07) is 0.00924. The smallest absolute Gasteiger partial charge is 0.314 e. The predicted molar refractivity (Wildman–Crippen MR) is 66.0 cm³/mol. The highest BCUT2D eigenvalue weighted by Crippen LogP contribution is 1.99. The lowest BCUT2D eigenvalue weighted by Gasteiger charge is -2.20. The second-order valence-electron chi connectivity index (χ2n) is 4.48. The Morgan fingerprint density at radius 1 is 1.24 bits per heavy atom. The van der Waals surface area contributed by atoms with Gasteiger partial charge in [-0.05, 0) is 27.4 Å². The van der Waals surface area contributed by atoms with Crippen molar-refractivity contribution in [2.45, 2.75) is 26.3 Å². The zero-order chi connectivity index (χ0) is 13.4. The number of likely N-dealkylation sites (N-methyl/N-ethyl adjacent to an activating group) is 1. The maximum absolute atomic E-state index is 11.3. The van der Waals surface area contributed by atoms with E-state index in [1.54, 1.807) is 6.92 Å². The molecule has 6 heteroatoms. The molecule has 0 rings (SSSR count). The fraction of sp³-hybridized carbons (Fsp3) is 0.818. The van der Waals surface area contributed by atoms with Crippen molar-refractivity contribution in [3.63, 3.8) is 0 Å². The molecular weight excluding hydrogens is 222 g/mol. The zero-order valence-corrected chi connectivity index (χ0v) is 11.0. The fourth-order valence-electron chi connectivity index (χ4n) is 1.01. The van der Waals surface area contributed by atoms with Crippen molar-refractivity contribution in [3.05, 3.63) is 0 Å². The third-order valence-electron chi connectivity index (χ3n) is 2.72. The largest absolute Gasteiger partial charge is 0.481 e. The van der Waals surface area contributed by atoms with E-state index in [0.29, 0.717) is 19.5 Å². The number of aliphatic carboxylic acids is 1. The van der Waals surface area contributed by atoms with Gasteiger partial charge < -0.3 is 20.6 Å². The highest BCUT2D eigenvalue weighted by molar-refractivity contribution is 5.74. The van der Waals surface area contributed by atoms with Gasteiger partial charge in [0.25, 0.3) is 0 Å². The molecule has 100 valence electrons. The molecular formula is C11H23N3O3. The molecule has 0 aromatic rings. The van der Waals surface area contributed by atoms with E-state index >= 15 is 0 Å². The third kappa shape index (κ3) is 7.57. The number of nitrogens with one attached hydrogen (secondary N) is 2. The Morgan fingerprint density at radius 3 is 2.29 bits per heavy atom. The monoisotopic (exact) mass is 245 g/mol. The minimum atomic E-state index is -0.839. The molecule has 0 fully saturated rings. The van der Waals surface area contributed by atoms with Crippen molar-refractivity contribution in [1.82, 2.24) is 15.5 Å². The molecule has 0 bridgehead atoms. The number of nitrogens with zero attached hydrogens (tertiary/aromatic N) is 1. The molecule has 2 amide bonds. The van der Waals surface area contributed by atoms with Crippen LogP contribution in [0.25, 0.3) is 0 Å². The number of amides is 2. The van der Waals surface area contributed by atoms with Crippen molar-refractivity contribution < 1.29 is 14.7 Å². The average molecular weight is 245 g/mol. The molecule has 2 unspecified atom stereocenters. The number of carboxylic acid groups (broad SMARTS) is 1. The van der Waals surface area contributed by atoms with Gasteiger partial charge in [-0.2, -0.15) is 0 Å². The highest BCUT2D eigenvalue weighted by atomic mass is 16.4. The van der Waals surface area contributed by atoms with Crippen LogP contribution < -0.4 is 10.6 Å². The van der Waals surface area contributed by atoms with Gasteiger partial charge in [0.2, 0.25) is 0 Å². The molecule has 0 saturated carbocycles. The van der Waals surface area contributed by atoms with E-state index in [9.17, 15) is 9.59 Å². The molecule has 0 aliphatic rings. The van der Waals surface area contributed by atoms with Crippen LogP contribution >= 0.6 is 0 Å². The molecule has 0 spiro atoms. The van der Waals surface area contributed by atoms with Crippen LogP contribution in [-0.4, -0.2) is 55.2 Å². The number of urea groups is 1. The molecule has 0 heterocycles. The first-order chi connectivity index (χ1) is 7.84. The number of rotatable bonds is 7. The Balaban J connectivity index is 3.64. The number of carbonyl (C=O) groups is 2. The van der Waals surface area contributed by atoms with Gasteiger partial charge in [-0.3, -0.25) is 4.79 Å². The lowest BCUT2D eigenvalue weighted by atomic mass is 10.1. The summed E-state index contributed by atoms with van der Waals surface area (Å²) < 4.78 is 0. The van der Waals surface area contributed by atoms with Crippen LogP contribution in [0.2, 0.25) is 0 Å². The Kier molecular flexibility index (Phi) is 7.29. The standard InChI is InChI=1S/C11H23N3O3/c1-8(10(15)16)5-6-12-11(17)13-7-9(2)14(3)4/h8-9H,5-7H2,1-4H3,(H,15,16)(H2,12,13,17). The lowest BCUT2D eigenvalue weighted by Crippen LogP contribution is -2.43. The van der Waals surface area contributed by atoms with E-state index in [0.717, 1.165) is 0 Å². The van der Waals surface area contributed by atoms with E-state index < -0.39 is 11.9 Å². The van der Waals surface area contributed by atoms with Gasteiger partial charge >= 0.3 is 12.0 Å². The summed E-state index contributed by atoms with van der Waals surface area (Å²) in [7, 11) is 3.89. The summed E-state index contributed by atoms with van der Waals surface area (Å²) >= 11 is 0. The first-order valence-corrected chi connectivity index (χ1v) is 5.75. The fourth-order valence-corrected chi connectivity index (χ4v) is 1.01. The van der Waals surface area contributed by atoms with Crippen LogP contribution in [0.4, 0.5) is 4.79 Å². The molecule has 17 heavy (non-hydrogen) atoms. The second kappa shape index (κ2) is 7.89. The van der Waals surface area contributed by atoms with Crippen molar-refractivity contribution >= 4 is 12.0 Å². The van der Waals surface area contributed by atoms with Crippen molar-refractivity contribution in [2.75, 3.05) is 27.2 Å². The van der Waals surface area contributed by atoms with Gasteiger partial charge in [0.1, 0.15) is 0 Å². The number of carboxylic acids is 1. The summed E-state index contributed by atoms with van der Waals surface area (Å²) in [5.41, 5.74) is 0. The topological polar surface area (TPSA) is 81.7 Å². The number of hydrogen-bond donors (Lipinski definition) is 3. The molecule has 2 atom stereocenters. The highest BCUT2D eigenvalue weighted by Gasteiger charge is 2.11. The summed E-state index contributed by atoms with van der Waals surface area (Å²) in [6.45, 7) is 4.56. The Hall–Kier alpha value is -1.30. The van der Waals surface area contributed by atoms with E-state index in [2.05, 4.69) is 10.6 Å². The molecule has 0 aromatic carbocycles. The minimum Gasteiger partial charge on any atom is -0.481 e. The zero-order valence-electron chi connectivity index (χ0n) is 11.0. The Labute approximate surface area is 102 Å². The van der Waals surface area contributed by atoms with E-state index in [4.69, 9.17) is 5.11 Å². The van der Waals surface area contributed by atoms with Crippen LogP contribution in [0.15, 0.2) is 0 Å². The van der Waals surface area contributed by atoms with Gasteiger partial charge in [-0.15, -0.1) is 0 Å². The number of carbonyl (C=O) groups excluding carboxylic acids is 1. The number of hydrogen-bond acceptors (Lipinski definition) is 3. The summed E-state index contributed by atoms with van der Waals surface area (Å²) in [5.74, 6) is -1.27. The van der Waals surface area contributed by atoms with Crippen LogP contribution in [0.1, 0.15) is 20.3 Å². The third-order valence-corrected chi connectivity index (χ3v) is 2.72. The molecule has 0 aliphatic carbocycles. The predicted octanol–water partition coefficient (Wildman–Crippen LogP) is 0.347. The van der Waals surface area contributed by atoms with Gasteiger partial charge in [-0.25, -0.2) is 4.79 Å². The van der Waals surface area contributed by atoms with Gasteiger partial charge in [0.15, 0.2) is 0 Å².